The van der Waals surface area contributed by atoms with Crippen molar-refractivity contribution in [2.45, 2.75) is 6.10 Å². The smallest absolute Gasteiger partial charge is 0.130 e. The molecular formula is C13H8ClF3O. The zero-order valence-corrected chi connectivity index (χ0v) is 9.76. The van der Waals surface area contributed by atoms with Crippen molar-refractivity contribution in [3.63, 3.8) is 0 Å². The molecule has 94 valence electrons. The fraction of sp³-hybridized carbons (Fsp3) is 0.0769. The van der Waals surface area contributed by atoms with Crippen molar-refractivity contribution < 1.29 is 18.3 Å². The molecule has 18 heavy (non-hydrogen) atoms. The highest BCUT2D eigenvalue weighted by Gasteiger charge is 2.21. The highest BCUT2D eigenvalue weighted by Crippen LogP contribution is 2.31. The van der Waals surface area contributed by atoms with Crippen LogP contribution in [0.5, 0.6) is 0 Å². The van der Waals surface area contributed by atoms with E-state index in [1.165, 1.54) is 12.1 Å². The highest BCUT2D eigenvalue weighted by molar-refractivity contribution is 6.31. The summed E-state index contributed by atoms with van der Waals surface area (Å²) in [6.07, 6.45) is -1.66. The molecular weight excluding hydrogens is 265 g/mol. The summed E-state index contributed by atoms with van der Waals surface area (Å²) < 4.78 is 40.1. The van der Waals surface area contributed by atoms with Gasteiger partial charge in [-0.05, 0) is 30.3 Å². The normalized spacial score (nSPS) is 12.5. The molecule has 0 saturated heterocycles. The summed E-state index contributed by atoms with van der Waals surface area (Å²) in [7, 11) is 0. The van der Waals surface area contributed by atoms with Crippen LogP contribution in [0.15, 0.2) is 36.4 Å². The van der Waals surface area contributed by atoms with Gasteiger partial charge in [0.1, 0.15) is 23.6 Å². The Labute approximate surface area is 106 Å². The maximum Gasteiger partial charge on any atom is 0.130 e. The van der Waals surface area contributed by atoms with Crippen molar-refractivity contribution in [3.8, 4) is 0 Å². The van der Waals surface area contributed by atoms with Gasteiger partial charge in [0.25, 0.3) is 0 Å². The van der Waals surface area contributed by atoms with Crippen LogP contribution in [0.1, 0.15) is 17.2 Å². The van der Waals surface area contributed by atoms with Gasteiger partial charge >= 0.3 is 0 Å². The Morgan fingerprint density at radius 3 is 2.39 bits per heavy atom. The van der Waals surface area contributed by atoms with Crippen LogP contribution in [-0.4, -0.2) is 5.11 Å². The average Bonchev–Trinajstić information content (AvgIpc) is 2.32. The van der Waals surface area contributed by atoms with Gasteiger partial charge in [0.2, 0.25) is 0 Å². The molecule has 2 rings (SSSR count). The molecule has 1 nitrogen and oxygen atoms in total. The number of hydrogen-bond donors (Lipinski definition) is 1. The lowest BCUT2D eigenvalue weighted by Crippen LogP contribution is -2.06. The van der Waals surface area contributed by atoms with Crippen molar-refractivity contribution in [2.24, 2.45) is 0 Å². The zero-order chi connectivity index (χ0) is 13.3. The molecule has 0 aromatic heterocycles. The third-order valence-electron chi connectivity index (χ3n) is 2.53. The number of hydrogen-bond acceptors (Lipinski definition) is 1. The van der Waals surface area contributed by atoms with Crippen molar-refractivity contribution in [1.29, 1.82) is 0 Å². The molecule has 0 fully saturated rings. The van der Waals surface area contributed by atoms with E-state index in [0.29, 0.717) is 0 Å². The van der Waals surface area contributed by atoms with Crippen LogP contribution in [0.3, 0.4) is 0 Å². The van der Waals surface area contributed by atoms with Gasteiger partial charge < -0.3 is 5.11 Å². The molecule has 0 radical (unpaired) electrons. The fourth-order valence-electron chi connectivity index (χ4n) is 1.65. The molecule has 2 aromatic rings. The van der Waals surface area contributed by atoms with E-state index in [9.17, 15) is 18.3 Å². The molecule has 1 N–H and O–H groups in total. The van der Waals surface area contributed by atoms with Crippen LogP contribution in [-0.2, 0) is 0 Å². The van der Waals surface area contributed by atoms with Gasteiger partial charge in [-0.2, -0.15) is 0 Å². The van der Waals surface area contributed by atoms with Gasteiger partial charge in [-0.3, -0.25) is 0 Å². The van der Waals surface area contributed by atoms with Gasteiger partial charge in [0.15, 0.2) is 0 Å². The summed E-state index contributed by atoms with van der Waals surface area (Å²) in [5.41, 5.74) is -0.634. The van der Waals surface area contributed by atoms with Crippen LogP contribution >= 0.6 is 11.6 Å². The first-order chi connectivity index (χ1) is 8.50. The summed E-state index contributed by atoms with van der Waals surface area (Å²) in [5, 5.41) is 9.88. The van der Waals surface area contributed by atoms with Gasteiger partial charge in [-0.1, -0.05) is 17.7 Å². The number of benzene rings is 2. The monoisotopic (exact) mass is 272 g/mol. The highest BCUT2D eigenvalue weighted by atomic mass is 35.5. The molecule has 5 heteroatoms. The van der Waals surface area contributed by atoms with Crippen LogP contribution in [0.2, 0.25) is 5.02 Å². The van der Waals surface area contributed by atoms with Gasteiger partial charge in [-0.25, -0.2) is 13.2 Å². The Bertz CT molecular complexity index is 566. The maximum absolute atomic E-state index is 13.6. The average molecular weight is 273 g/mol. The summed E-state index contributed by atoms with van der Waals surface area (Å²) >= 11 is 5.75. The molecule has 1 atom stereocenters. The molecule has 0 aliphatic rings. The topological polar surface area (TPSA) is 20.2 Å². The van der Waals surface area contributed by atoms with Crippen LogP contribution in [0.4, 0.5) is 13.2 Å². The minimum Gasteiger partial charge on any atom is -0.383 e. The molecule has 0 spiro atoms. The zero-order valence-electron chi connectivity index (χ0n) is 9.00. The Kier molecular flexibility index (Phi) is 3.59. The second-order valence-corrected chi connectivity index (χ2v) is 4.11. The summed E-state index contributed by atoms with van der Waals surface area (Å²) in [5.74, 6) is -2.33. The van der Waals surface area contributed by atoms with E-state index in [1.54, 1.807) is 0 Å². The Hall–Kier alpha value is -1.52. The maximum atomic E-state index is 13.6. The second kappa shape index (κ2) is 5.00. The van der Waals surface area contributed by atoms with E-state index in [1.807, 2.05) is 0 Å². The Morgan fingerprint density at radius 1 is 1.00 bits per heavy atom. The summed E-state index contributed by atoms with van der Waals surface area (Å²) in [4.78, 5) is 0. The first kappa shape index (κ1) is 12.9. The third-order valence-corrected chi connectivity index (χ3v) is 2.86. The molecule has 0 bridgehead atoms. The van der Waals surface area contributed by atoms with E-state index in [2.05, 4.69) is 0 Å². The minimum absolute atomic E-state index is 0.0499. The summed E-state index contributed by atoms with van der Waals surface area (Å²) in [6, 6.07) is 6.39. The molecule has 0 saturated carbocycles. The van der Waals surface area contributed by atoms with Crippen LogP contribution < -0.4 is 0 Å². The lowest BCUT2D eigenvalue weighted by Gasteiger charge is -2.14. The van der Waals surface area contributed by atoms with E-state index < -0.39 is 23.6 Å². The number of aliphatic hydroxyl groups excluding tert-OH is 1. The molecule has 0 heterocycles. The Morgan fingerprint density at radius 2 is 1.72 bits per heavy atom. The second-order valence-electron chi connectivity index (χ2n) is 3.70. The largest absolute Gasteiger partial charge is 0.383 e. The molecule has 2 aromatic carbocycles. The van der Waals surface area contributed by atoms with Crippen molar-refractivity contribution in [1.82, 2.24) is 0 Å². The number of aliphatic hydroxyl groups is 1. The molecule has 0 aliphatic carbocycles. The van der Waals surface area contributed by atoms with Crippen molar-refractivity contribution in [2.75, 3.05) is 0 Å². The fourth-order valence-corrected chi connectivity index (χ4v) is 1.92. The first-order valence-corrected chi connectivity index (χ1v) is 5.45. The van der Waals surface area contributed by atoms with Gasteiger partial charge in [0, 0.05) is 16.1 Å². The number of rotatable bonds is 2. The first-order valence-electron chi connectivity index (χ1n) is 5.07. The molecule has 1 unspecified atom stereocenters. The van der Waals surface area contributed by atoms with Gasteiger partial charge in [-0.15, -0.1) is 0 Å². The van der Waals surface area contributed by atoms with E-state index in [4.69, 9.17) is 11.6 Å². The van der Waals surface area contributed by atoms with Crippen molar-refractivity contribution in [3.05, 3.63) is 70.0 Å². The van der Waals surface area contributed by atoms with Gasteiger partial charge in [0.05, 0.1) is 0 Å². The van der Waals surface area contributed by atoms with E-state index >= 15 is 0 Å². The predicted molar refractivity (Wildman–Crippen MR) is 61.8 cm³/mol. The number of halogens is 4. The lowest BCUT2D eigenvalue weighted by atomic mass is 10.0. The Balaban J connectivity index is 2.54. The molecule has 0 aliphatic heterocycles. The van der Waals surface area contributed by atoms with E-state index in [0.717, 1.165) is 24.3 Å². The lowest BCUT2D eigenvalue weighted by molar-refractivity contribution is 0.209. The third kappa shape index (κ3) is 2.35. The minimum atomic E-state index is -1.66. The SMILES string of the molecule is OC(c1cc(F)ccc1F)c1c(F)cccc1Cl. The predicted octanol–water partition coefficient (Wildman–Crippen LogP) is 3.84. The molecule has 0 amide bonds. The summed E-state index contributed by atoms with van der Waals surface area (Å²) in [6.45, 7) is 0. The standard InChI is InChI=1S/C13H8ClF3O/c14-9-2-1-3-11(17)12(9)13(18)8-6-7(15)4-5-10(8)16/h1-6,13,18H. The quantitative estimate of drug-likeness (QED) is 0.881. The van der Waals surface area contributed by atoms with Crippen LogP contribution in [0, 0.1) is 17.5 Å². The van der Waals surface area contributed by atoms with Crippen LogP contribution in [0.25, 0.3) is 0 Å². The van der Waals surface area contributed by atoms with Crippen molar-refractivity contribution >= 4 is 11.6 Å². The van der Waals surface area contributed by atoms with E-state index in [-0.39, 0.29) is 16.1 Å².